The summed E-state index contributed by atoms with van der Waals surface area (Å²) in [5, 5.41) is 0. The quantitative estimate of drug-likeness (QED) is 0.490. The lowest BCUT2D eigenvalue weighted by molar-refractivity contribution is 1.23. The molecule has 0 radical (unpaired) electrons. The number of hydrogen-bond acceptors (Lipinski definition) is 2. The van der Waals surface area contributed by atoms with E-state index in [9.17, 15) is 0 Å². The normalized spacial score (nSPS) is 10.5. The molecule has 3 aromatic carbocycles. The van der Waals surface area contributed by atoms with Gasteiger partial charge < -0.3 is 0 Å². The van der Waals surface area contributed by atoms with Gasteiger partial charge >= 0.3 is 0 Å². The Morgan fingerprint density at radius 3 is 1.23 bits per heavy atom. The summed E-state index contributed by atoms with van der Waals surface area (Å²) in [5.74, 6) is 2.04. The van der Waals surface area contributed by atoms with Crippen LogP contribution in [0.2, 0.25) is 0 Å². The fourth-order valence-corrected chi connectivity index (χ4v) is 4.31. The monoisotopic (exact) mass is 322 g/mol. The van der Waals surface area contributed by atoms with Crippen molar-refractivity contribution in [2.24, 2.45) is 0 Å². The molecule has 0 atom stereocenters. The predicted octanol–water partition coefficient (Wildman–Crippen LogP) is 6.27. The van der Waals surface area contributed by atoms with Crippen LogP contribution in [0.15, 0.2) is 94.7 Å². The molecule has 0 aliphatic carbocycles. The van der Waals surface area contributed by atoms with Crippen molar-refractivity contribution in [3.05, 3.63) is 96.1 Å². The summed E-state index contributed by atoms with van der Waals surface area (Å²) in [6, 6.07) is 30.0. The molecule has 0 N–H and O–H groups in total. The van der Waals surface area contributed by atoms with Crippen LogP contribution in [-0.4, -0.2) is 0 Å². The molecule has 0 aliphatic rings. The van der Waals surface area contributed by atoms with Gasteiger partial charge in [0.05, 0.1) is 0 Å². The molecule has 0 bridgehead atoms. The highest BCUT2D eigenvalue weighted by Gasteiger charge is 2.04. The maximum atomic E-state index is 2.22. The van der Waals surface area contributed by atoms with Gasteiger partial charge in [0.2, 0.25) is 0 Å². The molecule has 3 aromatic rings. The lowest BCUT2D eigenvalue weighted by atomic mass is 10.2. The Bertz CT molecular complexity index is 631. The molecule has 0 aliphatic heterocycles. The first kappa shape index (κ1) is 15.3. The summed E-state index contributed by atoms with van der Waals surface area (Å²) in [5.41, 5.74) is 2.74. The molecular weight excluding hydrogens is 304 g/mol. The van der Waals surface area contributed by atoms with Gasteiger partial charge in [-0.1, -0.05) is 72.8 Å². The van der Waals surface area contributed by atoms with E-state index in [4.69, 9.17) is 0 Å². The zero-order chi connectivity index (χ0) is 15.0. The molecule has 0 saturated carbocycles. The molecule has 22 heavy (non-hydrogen) atoms. The van der Waals surface area contributed by atoms with Crippen LogP contribution in [-0.2, 0) is 11.5 Å². The van der Waals surface area contributed by atoms with Crippen molar-refractivity contribution in [1.29, 1.82) is 0 Å². The van der Waals surface area contributed by atoms with Crippen LogP contribution in [0.25, 0.3) is 0 Å². The van der Waals surface area contributed by atoms with Gasteiger partial charge in [0.15, 0.2) is 0 Å². The summed E-state index contributed by atoms with van der Waals surface area (Å²) in [7, 11) is 0. The van der Waals surface area contributed by atoms with Crippen LogP contribution in [0.1, 0.15) is 11.1 Å². The number of benzene rings is 3. The van der Waals surface area contributed by atoms with Crippen molar-refractivity contribution in [3.8, 4) is 0 Å². The minimum absolute atomic E-state index is 1.02. The largest absolute Gasteiger partial charge is 0.120 e. The van der Waals surface area contributed by atoms with Gasteiger partial charge in [0.1, 0.15) is 0 Å². The van der Waals surface area contributed by atoms with E-state index in [-0.39, 0.29) is 0 Å². The molecule has 0 nitrogen and oxygen atoms in total. The Balaban J connectivity index is 1.65. The van der Waals surface area contributed by atoms with Gasteiger partial charge in [-0.3, -0.25) is 0 Å². The Morgan fingerprint density at radius 2 is 0.818 bits per heavy atom. The summed E-state index contributed by atoms with van der Waals surface area (Å²) < 4.78 is 0. The molecule has 3 rings (SSSR count). The van der Waals surface area contributed by atoms with Crippen LogP contribution < -0.4 is 0 Å². The number of hydrogen-bond donors (Lipinski definition) is 0. The van der Waals surface area contributed by atoms with Gasteiger partial charge in [0, 0.05) is 21.3 Å². The van der Waals surface area contributed by atoms with Crippen molar-refractivity contribution in [2.75, 3.05) is 0 Å². The molecule has 0 unspecified atom stereocenters. The Hall–Kier alpha value is -1.64. The fraction of sp³-hybridized carbons (Fsp3) is 0.100. The van der Waals surface area contributed by atoms with Crippen molar-refractivity contribution >= 4 is 23.5 Å². The maximum absolute atomic E-state index is 2.22. The summed E-state index contributed by atoms with van der Waals surface area (Å²) in [6.07, 6.45) is 0. The third-order valence-electron chi connectivity index (χ3n) is 3.32. The van der Waals surface area contributed by atoms with Gasteiger partial charge in [-0.05, 0) is 23.3 Å². The highest BCUT2D eigenvalue weighted by atomic mass is 32.2. The maximum Gasteiger partial charge on any atom is 0.0232 e. The van der Waals surface area contributed by atoms with E-state index in [1.807, 2.05) is 23.5 Å². The topological polar surface area (TPSA) is 0 Å². The van der Waals surface area contributed by atoms with Gasteiger partial charge in [-0.25, -0.2) is 0 Å². The van der Waals surface area contributed by atoms with Crippen LogP contribution in [0.3, 0.4) is 0 Å². The smallest absolute Gasteiger partial charge is 0.0232 e. The first-order valence-electron chi connectivity index (χ1n) is 7.34. The first-order valence-corrected chi connectivity index (χ1v) is 9.31. The third-order valence-corrected chi connectivity index (χ3v) is 5.74. The SMILES string of the molecule is c1ccc(CSc2ccccc2SCc2ccccc2)cc1. The molecule has 110 valence electrons. The number of rotatable bonds is 6. The minimum atomic E-state index is 1.02. The molecule has 2 heteroatoms. The standard InChI is InChI=1S/C20H18S2/c1-3-9-17(10-4-1)15-21-19-13-7-8-14-20(19)22-16-18-11-5-2-6-12-18/h1-14H,15-16H2. The minimum Gasteiger partial charge on any atom is -0.120 e. The van der Waals surface area contributed by atoms with E-state index in [1.54, 1.807) is 0 Å². The summed E-state index contributed by atoms with van der Waals surface area (Å²) >= 11 is 3.83. The molecule has 0 spiro atoms. The van der Waals surface area contributed by atoms with E-state index in [0.29, 0.717) is 0 Å². The summed E-state index contributed by atoms with van der Waals surface area (Å²) in [4.78, 5) is 2.74. The van der Waals surface area contributed by atoms with E-state index >= 15 is 0 Å². The molecule has 0 saturated heterocycles. The number of thioether (sulfide) groups is 2. The highest BCUT2D eigenvalue weighted by molar-refractivity contribution is 8.01. The van der Waals surface area contributed by atoms with Crippen molar-refractivity contribution in [1.82, 2.24) is 0 Å². The van der Waals surface area contributed by atoms with E-state index in [2.05, 4.69) is 84.9 Å². The predicted molar refractivity (Wildman–Crippen MR) is 98.4 cm³/mol. The van der Waals surface area contributed by atoms with Gasteiger partial charge in [0.25, 0.3) is 0 Å². The lowest BCUT2D eigenvalue weighted by Crippen LogP contribution is -1.84. The Morgan fingerprint density at radius 1 is 0.455 bits per heavy atom. The Labute approximate surface area is 141 Å². The van der Waals surface area contributed by atoms with Crippen LogP contribution in [0.4, 0.5) is 0 Å². The van der Waals surface area contributed by atoms with Crippen LogP contribution >= 0.6 is 23.5 Å². The highest BCUT2D eigenvalue weighted by Crippen LogP contribution is 2.34. The Kier molecular flexibility index (Phi) is 5.63. The molecule has 0 heterocycles. The van der Waals surface area contributed by atoms with Crippen molar-refractivity contribution < 1.29 is 0 Å². The fourth-order valence-electron chi connectivity index (χ4n) is 2.16. The van der Waals surface area contributed by atoms with Crippen molar-refractivity contribution in [2.45, 2.75) is 21.3 Å². The summed E-state index contributed by atoms with van der Waals surface area (Å²) in [6.45, 7) is 0. The second kappa shape index (κ2) is 8.11. The third kappa shape index (κ3) is 4.43. The second-order valence-corrected chi connectivity index (χ2v) is 7.03. The van der Waals surface area contributed by atoms with Crippen LogP contribution in [0, 0.1) is 0 Å². The van der Waals surface area contributed by atoms with Crippen LogP contribution in [0.5, 0.6) is 0 Å². The van der Waals surface area contributed by atoms with Crippen molar-refractivity contribution in [3.63, 3.8) is 0 Å². The average molecular weight is 322 g/mol. The average Bonchev–Trinajstić information content (AvgIpc) is 2.61. The van der Waals surface area contributed by atoms with Gasteiger partial charge in [-0.2, -0.15) is 0 Å². The molecule has 0 amide bonds. The second-order valence-electron chi connectivity index (χ2n) is 5.00. The molecular formula is C20H18S2. The first-order chi connectivity index (χ1) is 10.9. The van der Waals surface area contributed by atoms with Gasteiger partial charge in [-0.15, -0.1) is 23.5 Å². The lowest BCUT2D eigenvalue weighted by Gasteiger charge is -2.09. The van der Waals surface area contributed by atoms with E-state index in [0.717, 1.165) is 11.5 Å². The molecule has 0 fully saturated rings. The van der Waals surface area contributed by atoms with E-state index in [1.165, 1.54) is 20.9 Å². The zero-order valence-corrected chi connectivity index (χ0v) is 13.9. The zero-order valence-electron chi connectivity index (χ0n) is 12.3. The molecule has 0 aromatic heterocycles. The van der Waals surface area contributed by atoms with E-state index < -0.39 is 0 Å².